The van der Waals surface area contributed by atoms with Crippen molar-refractivity contribution in [3.05, 3.63) is 151 Å². The van der Waals surface area contributed by atoms with Gasteiger partial charge in [-0.2, -0.15) is 0 Å². The van der Waals surface area contributed by atoms with Crippen molar-refractivity contribution in [1.82, 2.24) is 5.09 Å². The monoisotopic (exact) mass is 522 g/mol. The van der Waals surface area contributed by atoms with Gasteiger partial charge < -0.3 is 5.09 Å². The fourth-order valence-corrected chi connectivity index (χ4v) is 8.85. The molecule has 5 aromatic rings. The van der Waals surface area contributed by atoms with Gasteiger partial charge in [-0.1, -0.05) is 91.0 Å². The maximum absolute atomic E-state index is 14.6. The van der Waals surface area contributed by atoms with Gasteiger partial charge in [0.2, 0.25) is 14.6 Å². The number of benzene rings is 5. The van der Waals surface area contributed by atoms with Crippen molar-refractivity contribution in [2.75, 3.05) is 5.09 Å². The lowest BCUT2D eigenvalue weighted by Crippen LogP contribution is -2.28. The molecule has 5 rings (SSSR count). The van der Waals surface area contributed by atoms with E-state index in [1.54, 1.807) is 0 Å². The number of para-hydroxylation sites is 1. The third-order valence-electron chi connectivity index (χ3n) is 6.27. The van der Waals surface area contributed by atoms with Crippen molar-refractivity contribution >= 4 is 41.5 Å². The average Bonchev–Trinajstić information content (AvgIpc) is 2.98. The Balaban J connectivity index is 1.51. The zero-order valence-corrected chi connectivity index (χ0v) is 22.1. The minimum atomic E-state index is -3.20. The Bertz CT molecular complexity index is 1460. The number of rotatable bonds is 9. The summed E-state index contributed by atoms with van der Waals surface area (Å²) in [5, 5.41) is 9.71. The number of nitrogens with one attached hydrogen (secondary N) is 2. The molecule has 184 valence electrons. The molecule has 0 aliphatic carbocycles. The summed E-state index contributed by atoms with van der Waals surface area (Å²) < 4.78 is 29.0. The van der Waals surface area contributed by atoms with E-state index in [-0.39, 0.29) is 0 Å². The first-order valence-corrected chi connectivity index (χ1v) is 15.5. The molecule has 0 saturated heterocycles. The van der Waals surface area contributed by atoms with E-state index in [1.165, 1.54) is 0 Å². The molecule has 0 spiro atoms. The van der Waals surface area contributed by atoms with Crippen molar-refractivity contribution in [3.8, 4) is 0 Å². The van der Waals surface area contributed by atoms with Gasteiger partial charge >= 0.3 is 0 Å². The molecular formula is C31H28N2O2P2. The topological polar surface area (TPSA) is 58.2 Å². The van der Waals surface area contributed by atoms with Gasteiger partial charge in [-0.05, 0) is 60.2 Å². The van der Waals surface area contributed by atoms with Gasteiger partial charge in [0.05, 0.1) is 0 Å². The molecule has 5 aromatic carbocycles. The van der Waals surface area contributed by atoms with Crippen LogP contribution in [0.1, 0.15) is 5.56 Å². The molecule has 0 saturated carbocycles. The Hall–Kier alpha value is -3.68. The lowest BCUT2D eigenvalue weighted by atomic mass is 10.2. The lowest BCUT2D eigenvalue weighted by molar-refractivity contribution is 0.578. The molecule has 0 atom stereocenters. The molecule has 4 nitrogen and oxygen atoms in total. The van der Waals surface area contributed by atoms with Crippen LogP contribution >= 0.6 is 14.6 Å². The van der Waals surface area contributed by atoms with Crippen LogP contribution in [0.25, 0.3) is 0 Å². The molecule has 0 aliphatic heterocycles. The zero-order chi connectivity index (χ0) is 25.6. The van der Waals surface area contributed by atoms with Crippen LogP contribution in [0.3, 0.4) is 0 Å². The van der Waals surface area contributed by atoms with Gasteiger partial charge in [0.1, 0.15) is 0 Å². The third kappa shape index (κ3) is 5.38. The first kappa shape index (κ1) is 25.0. The number of hydrogen-bond donors (Lipinski definition) is 2. The maximum Gasteiger partial charge on any atom is 0.227 e. The van der Waals surface area contributed by atoms with Gasteiger partial charge in [-0.25, -0.2) is 0 Å². The Morgan fingerprint density at radius 2 is 0.784 bits per heavy atom. The summed E-state index contributed by atoms with van der Waals surface area (Å²) >= 11 is 0. The minimum absolute atomic E-state index is 0.327. The molecule has 0 heterocycles. The summed E-state index contributed by atoms with van der Waals surface area (Å²) in [4.78, 5) is 0. The second kappa shape index (κ2) is 11.2. The smallest absolute Gasteiger partial charge is 0.227 e. The fraction of sp³-hybridized carbons (Fsp3) is 0.0323. The first-order chi connectivity index (χ1) is 18.1. The molecule has 0 unspecified atom stereocenters. The molecule has 0 fully saturated rings. The minimum Gasteiger partial charge on any atom is -0.329 e. The van der Waals surface area contributed by atoms with Gasteiger partial charge in [0.25, 0.3) is 0 Å². The largest absolute Gasteiger partial charge is 0.329 e. The molecule has 0 amide bonds. The van der Waals surface area contributed by atoms with Crippen LogP contribution in [0.4, 0.5) is 5.69 Å². The third-order valence-corrected chi connectivity index (χ3v) is 11.5. The number of anilines is 1. The fourth-order valence-electron chi connectivity index (χ4n) is 4.31. The van der Waals surface area contributed by atoms with Crippen LogP contribution < -0.4 is 31.4 Å². The predicted molar refractivity (Wildman–Crippen MR) is 156 cm³/mol. The highest BCUT2D eigenvalue weighted by Crippen LogP contribution is 2.45. The van der Waals surface area contributed by atoms with Crippen molar-refractivity contribution in [1.29, 1.82) is 0 Å². The highest BCUT2D eigenvalue weighted by molar-refractivity contribution is 7.80. The summed E-state index contributed by atoms with van der Waals surface area (Å²) in [6.45, 7) is 0.327. The van der Waals surface area contributed by atoms with Gasteiger partial charge in [0.15, 0.2) is 0 Å². The van der Waals surface area contributed by atoms with Crippen molar-refractivity contribution in [2.24, 2.45) is 0 Å². The summed E-state index contributed by atoms with van der Waals surface area (Å²) in [6, 6.07) is 45.7. The molecule has 37 heavy (non-hydrogen) atoms. The Morgan fingerprint density at radius 3 is 1.22 bits per heavy atom. The Labute approximate surface area is 218 Å². The molecule has 6 heteroatoms. The standard InChI is InChI=1S/C31H28N2O2P2/c34-36(27-16-5-1-6-17-27,28-18-7-2-8-19-28)32-25-26-15-13-14-24-31(26)33-37(35,29-20-9-3-10-21-29)30-22-11-4-12-23-30/h1-24H,25H2,(H,32,34)(H,33,35). The lowest BCUT2D eigenvalue weighted by Gasteiger charge is -2.25. The quantitative estimate of drug-likeness (QED) is 0.232. The van der Waals surface area contributed by atoms with E-state index in [0.29, 0.717) is 6.54 Å². The normalized spacial score (nSPS) is 11.7. The van der Waals surface area contributed by atoms with Crippen molar-refractivity contribution < 1.29 is 9.13 Å². The van der Waals surface area contributed by atoms with E-state index in [1.807, 2.05) is 146 Å². The molecule has 2 N–H and O–H groups in total. The molecular weight excluding hydrogens is 494 g/mol. The molecule has 0 radical (unpaired) electrons. The summed E-state index contributed by atoms with van der Waals surface area (Å²) in [7, 11) is -6.32. The van der Waals surface area contributed by atoms with Crippen LogP contribution in [0, 0.1) is 0 Å². The molecule has 0 aromatic heterocycles. The van der Waals surface area contributed by atoms with E-state index in [9.17, 15) is 9.13 Å². The van der Waals surface area contributed by atoms with Gasteiger partial charge in [-0.3, -0.25) is 14.2 Å². The second-order valence-electron chi connectivity index (χ2n) is 8.66. The summed E-state index contributed by atoms with van der Waals surface area (Å²) in [5.74, 6) is 0. The Morgan fingerprint density at radius 1 is 0.432 bits per heavy atom. The summed E-state index contributed by atoms with van der Waals surface area (Å²) in [6.07, 6.45) is 0. The zero-order valence-electron chi connectivity index (χ0n) is 20.3. The van der Waals surface area contributed by atoms with E-state index >= 15 is 0 Å². The number of hydrogen-bond acceptors (Lipinski definition) is 2. The molecule has 0 aliphatic rings. The van der Waals surface area contributed by atoms with Gasteiger partial charge in [0, 0.05) is 33.5 Å². The highest BCUT2D eigenvalue weighted by Gasteiger charge is 2.29. The second-order valence-corrected chi connectivity index (χ2v) is 13.7. The SMILES string of the molecule is O=P(NCc1ccccc1NP(=O)(c1ccccc1)c1ccccc1)(c1ccccc1)c1ccccc1. The summed E-state index contributed by atoms with van der Waals surface area (Å²) in [5.41, 5.74) is 1.61. The van der Waals surface area contributed by atoms with Crippen LogP contribution in [0.5, 0.6) is 0 Å². The van der Waals surface area contributed by atoms with E-state index in [0.717, 1.165) is 32.5 Å². The van der Waals surface area contributed by atoms with Gasteiger partial charge in [-0.15, -0.1) is 0 Å². The van der Waals surface area contributed by atoms with Crippen molar-refractivity contribution in [3.63, 3.8) is 0 Å². The predicted octanol–water partition coefficient (Wildman–Crippen LogP) is 6.05. The van der Waals surface area contributed by atoms with Crippen LogP contribution in [-0.4, -0.2) is 0 Å². The average molecular weight is 523 g/mol. The molecule has 0 bridgehead atoms. The first-order valence-electron chi connectivity index (χ1n) is 12.1. The highest BCUT2D eigenvalue weighted by atomic mass is 31.2. The van der Waals surface area contributed by atoms with Crippen molar-refractivity contribution in [2.45, 2.75) is 6.54 Å². The van der Waals surface area contributed by atoms with E-state index < -0.39 is 14.6 Å². The van der Waals surface area contributed by atoms with E-state index in [4.69, 9.17) is 0 Å². The van der Waals surface area contributed by atoms with Crippen LogP contribution in [0.15, 0.2) is 146 Å². The Kier molecular flexibility index (Phi) is 7.53. The van der Waals surface area contributed by atoms with E-state index in [2.05, 4.69) is 10.2 Å². The maximum atomic E-state index is 14.6. The van der Waals surface area contributed by atoms with Crippen LogP contribution in [0.2, 0.25) is 0 Å². The van der Waals surface area contributed by atoms with Crippen LogP contribution in [-0.2, 0) is 15.7 Å².